The second-order valence-electron chi connectivity index (χ2n) is 4.76. The topological polar surface area (TPSA) is 41.5 Å². The average Bonchev–Trinajstić information content (AvgIpc) is 2.48. The molecule has 0 saturated heterocycles. The van der Waals surface area contributed by atoms with Gasteiger partial charge in [-0.05, 0) is 48.9 Å². The zero-order valence-electron chi connectivity index (χ0n) is 11.6. The Morgan fingerprint density at radius 3 is 2.62 bits per heavy atom. The number of halogens is 2. The molecule has 1 unspecified atom stereocenters. The van der Waals surface area contributed by atoms with E-state index in [9.17, 15) is 5.11 Å². The maximum Gasteiger partial charge on any atom is 0.119 e. The van der Waals surface area contributed by atoms with Gasteiger partial charge in [-0.2, -0.15) is 0 Å². The number of aliphatic hydroxyl groups is 1. The monoisotopic (exact) mass is 369 g/mol. The van der Waals surface area contributed by atoms with Crippen LogP contribution in [0.5, 0.6) is 5.75 Å². The normalized spacial score (nSPS) is 12.0. The smallest absolute Gasteiger partial charge is 0.119 e. The van der Waals surface area contributed by atoms with Crippen LogP contribution in [0.25, 0.3) is 0 Å². The van der Waals surface area contributed by atoms with Gasteiger partial charge >= 0.3 is 0 Å². The molecule has 2 aromatic rings. The third-order valence-corrected chi connectivity index (χ3v) is 4.08. The summed E-state index contributed by atoms with van der Waals surface area (Å²) in [6.45, 7) is 2.67. The van der Waals surface area contributed by atoms with Crippen molar-refractivity contribution in [2.24, 2.45) is 0 Å². The molecule has 0 bridgehead atoms. The fourth-order valence-electron chi connectivity index (χ4n) is 1.72. The predicted octanol–water partition coefficient (Wildman–Crippen LogP) is 4.26. The Balaban J connectivity index is 1.77. The van der Waals surface area contributed by atoms with Crippen molar-refractivity contribution in [3.8, 4) is 5.75 Å². The van der Waals surface area contributed by atoms with E-state index in [-0.39, 0.29) is 6.61 Å². The van der Waals surface area contributed by atoms with Gasteiger partial charge in [-0.3, -0.25) is 0 Å². The van der Waals surface area contributed by atoms with Gasteiger partial charge in [-0.15, -0.1) is 0 Å². The van der Waals surface area contributed by atoms with Crippen LogP contribution in [0.1, 0.15) is 5.56 Å². The maximum atomic E-state index is 9.93. The quantitative estimate of drug-likeness (QED) is 0.798. The van der Waals surface area contributed by atoms with Crippen LogP contribution >= 0.6 is 27.5 Å². The minimum absolute atomic E-state index is 0.224. The average molecular weight is 371 g/mol. The van der Waals surface area contributed by atoms with Crippen LogP contribution in [-0.4, -0.2) is 24.4 Å². The summed E-state index contributed by atoms with van der Waals surface area (Å²) in [6.07, 6.45) is -0.597. The highest BCUT2D eigenvalue weighted by atomic mass is 79.9. The highest BCUT2D eigenvalue weighted by molar-refractivity contribution is 9.10. The Bertz CT molecular complexity index is 589. The molecule has 21 heavy (non-hydrogen) atoms. The molecule has 3 nitrogen and oxygen atoms in total. The lowest BCUT2D eigenvalue weighted by molar-refractivity contribution is 0.117. The molecule has 2 N–H and O–H groups in total. The van der Waals surface area contributed by atoms with Crippen LogP contribution in [0, 0.1) is 6.92 Å². The van der Waals surface area contributed by atoms with Crippen molar-refractivity contribution in [3.63, 3.8) is 0 Å². The van der Waals surface area contributed by atoms with Crippen molar-refractivity contribution in [2.75, 3.05) is 18.5 Å². The number of benzene rings is 2. The molecule has 0 saturated carbocycles. The molecule has 0 spiro atoms. The molecule has 0 aliphatic rings. The van der Waals surface area contributed by atoms with Crippen molar-refractivity contribution >= 4 is 33.2 Å². The van der Waals surface area contributed by atoms with Gasteiger partial charge in [0.1, 0.15) is 18.5 Å². The third-order valence-electron chi connectivity index (χ3n) is 2.97. The van der Waals surface area contributed by atoms with E-state index < -0.39 is 6.10 Å². The van der Waals surface area contributed by atoms with Crippen molar-refractivity contribution in [3.05, 3.63) is 57.5 Å². The molecule has 0 amide bonds. The summed E-state index contributed by atoms with van der Waals surface area (Å²) < 4.78 is 6.54. The van der Waals surface area contributed by atoms with Crippen LogP contribution < -0.4 is 10.1 Å². The number of rotatable bonds is 6. The molecule has 2 rings (SSSR count). The molecule has 0 heterocycles. The second kappa shape index (κ2) is 7.69. The summed E-state index contributed by atoms with van der Waals surface area (Å²) in [5, 5.41) is 13.8. The predicted molar refractivity (Wildman–Crippen MR) is 90.3 cm³/mol. The molecular formula is C16H17BrClNO2. The van der Waals surface area contributed by atoms with E-state index in [1.807, 2.05) is 25.1 Å². The molecule has 0 fully saturated rings. The highest BCUT2D eigenvalue weighted by Crippen LogP contribution is 2.20. The maximum absolute atomic E-state index is 9.93. The largest absolute Gasteiger partial charge is 0.491 e. The van der Waals surface area contributed by atoms with E-state index in [0.29, 0.717) is 17.3 Å². The summed E-state index contributed by atoms with van der Waals surface area (Å²) >= 11 is 9.28. The number of ether oxygens (including phenoxy) is 1. The molecule has 112 valence electrons. The van der Waals surface area contributed by atoms with E-state index in [2.05, 4.69) is 21.2 Å². The standard InChI is InChI=1S/C16H17BrClNO2/c1-11-2-5-13(8-16(11)17)19-9-14(20)10-21-15-6-3-12(18)4-7-15/h2-8,14,19-20H,9-10H2,1H3. The number of aliphatic hydroxyl groups excluding tert-OH is 1. The van der Waals surface area contributed by atoms with Crippen molar-refractivity contribution in [1.29, 1.82) is 0 Å². The van der Waals surface area contributed by atoms with E-state index in [4.69, 9.17) is 16.3 Å². The molecular weight excluding hydrogens is 354 g/mol. The lowest BCUT2D eigenvalue weighted by Crippen LogP contribution is -2.26. The van der Waals surface area contributed by atoms with Crippen LogP contribution in [0.4, 0.5) is 5.69 Å². The summed E-state index contributed by atoms with van der Waals surface area (Å²) in [5.74, 6) is 0.691. The Kier molecular flexibility index (Phi) is 5.91. The number of aryl methyl sites for hydroxylation is 1. The van der Waals surface area contributed by atoms with E-state index in [0.717, 1.165) is 10.2 Å². The lowest BCUT2D eigenvalue weighted by atomic mass is 10.2. The van der Waals surface area contributed by atoms with Crippen LogP contribution in [0.2, 0.25) is 5.02 Å². The first-order valence-corrected chi connectivity index (χ1v) is 7.78. The molecule has 1 atom stereocenters. The Morgan fingerprint density at radius 1 is 1.24 bits per heavy atom. The molecule has 2 aromatic carbocycles. The zero-order chi connectivity index (χ0) is 15.2. The SMILES string of the molecule is Cc1ccc(NCC(O)COc2ccc(Cl)cc2)cc1Br. The Morgan fingerprint density at radius 2 is 1.95 bits per heavy atom. The van der Waals surface area contributed by atoms with Gasteiger partial charge in [0.15, 0.2) is 0 Å². The summed E-state index contributed by atoms with van der Waals surface area (Å²) in [4.78, 5) is 0. The molecule has 0 aliphatic carbocycles. The fraction of sp³-hybridized carbons (Fsp3) is 0.250. The summed E-state index contributed by atoms with van der Waals surface area (Å²) in [6, 6.07) is 13.0. The minimum atomic E-state index is -0.597. The molecule has 0 aliphatic heterocycles. The second-order valence-corrected chi connectivity index (χ2v) is 6.05. The molecule has 0 radical (unpaired) electrons. The first kappa shape index (κ1) is 16.1. The van der Waals surface area contributed by atoms with E-state index in [1.165, 1.54) is 5.56 Å². The van der Waals surface area contributed by atoms with Gasteiger partial charge < -0.3 is 15.2 Å². The third kappa shape index (κ3) is 5.23. The fourth-order valence-corrected chi connectivity index (χ4v) is 2.23. The highest BCUT2D eigenvalue weighted by Gasteiger charge is 2.06. The van der Waals surface area contributed by atoms with E-state index in [1.54, 1.807) is 24.3 Å². The Hall–Kier alpha value is -1.23. The molecule has 0 aromatic heterocycles. The summed E-state index contributed by atoms with van der Waals surface area (Å²) in [7, 11) is 0. The van der Waals surface area contributed by atoms with Gasteiger partial charge in [-0.1, -0.05) is 33.6 Å². The summed E-state index contributed by atoms with van der Waals surface area (Å²) in [5.41, 5.74) is 2.13. The van der Waals surface area contributed by atoms with Crippen molar-refractivity contribution < 1.29 is 9.84 Å². The van der Waals surface area contributed by atoms with Crippen molar-refractivity contribution in [2.45, 2.75) is 13.0 Å². The first-order valence-electron chi connectivity index (χ1n) is 6.61. The van der Waals surface area contributed by atoms with Crippen LogP contribution in [-0.2, 0) is 0 Å². The number of anilines is 1. The first-order chi connectivity index (χ1) is 10.0. The Labute approximate surface area is 138 Å². The van der Waals surface area contributed by atoms with Gasteiger partial charge in [0.25, 0.3) is 0 Å². The number of hydrogen-bond acceptors (Lipinski definition) is 3. The van der Waals surface area contributed by atoms with Crippen LogP contribution in [0.15, 0.2) is 46.9 Å². The van der Waals surface area contributed by atoms with Crippen molar-refractivity contribution in [1.82, 2.24) is 0 Å². The molecule has 5 heteroatoms. The minimum Gasteiger partial charge on any atom is -0.491 e. The van der Waals surface area contributed by atoms with Gasteiger partial charge in [0.05, 0.1) is 0 Å². The van der Waals surface area contributed by atoms with Crippen LogP contribution in [0.3, 0.4) is 0 Å². The van der Waals surface area contributed by atoms with E-state index >= 15 is 0 Å². The lowest BCUT2D eigenvalue weighted by Gasteiger charge is -2.14. The number of nitrogens with one attached hydrogen (secondary N) is 1. The number of hydrogen-bond donors (Lipinski definition) is 2. The van der Waals surface area contributed by atoms with Gasteiger partial charge in [-0.25, -0.2) is 0 Å². The zero-order valence-corrected chi connectivity index (χ0v) is 14.0. The van der Waals surface area contributed by atoms with Gasteiger partial charge in [0, 0.05) is 21.7 Å². The van der Waals surface area contributed by atoms with Gasteiger partial charge in [0.2, 0.25) is 0 Å².